The predicted octanol–water partition coefficient (Wildman–Crippen LogP) is 13.1. The summed E-state index contributed by atoms with van der Waals surface area (Å²) in [6.45, 7) is 12.1. The van der Waals surface area contributed by atoms with Gasteiger partial charge in [-0.3, -0.25) is 0 Å². The highest BCUT2D eigenvalue weighted by Crippen LogP contribution is 2.23. The summed E-state index contributed by atoms with van der Waals surface area (Å²) < 4.78 is 0. The van der Waals surface area contributed by atoms with Gasteiger partial charge in [0, 0.05) is 0 Å². The molecule has 0 saturated heterocycles. The van der Waals surface area contributed by atoms with E-state index in [1.807, 2.05) is 0 Å². The molecule has 0 nitrogen and oxygen atoms in total. The SMILES string of the molecule is CCCCCCCCCCCCCCCC[C@H](C)CCC[C@H](C)CCC[C@H](C)CCCCCC. The van der Waals surface area contributed by atoms with Crippen molar-refractivity contribution >= 4 is 0 Å². The van der Waals surface area contributed by atoms with Gasteiger partial charge in [0.2, 0.25) is 0 Å². The first-order chi connectivity index (χ1) is 16.6. The maximum absolute atomic E-state index is 2.51. The molecule has 0 aliphatic rings. The van der Waals surface area contributed by atoms with E-state index in [0.717, 1.165) is 17.8 Å². The number of rotatable bonds is 28. The van der Waals surface area contributed by atoms with Crippen molar-refractivity contribution in [2.75, 3.05) is 0 Å². The van der Waals surface area contributed by atoms with E-state index in [2.05, 4.69) is 34.6 Å². The highest BCUT2D eigenvalue weighted by Gasteiger charge is 2.08. The molecule has 34 heavy (non-hydrogen) atoms. The maximum Gasteiger partial charge on any atom is -0.0443 e. The van der Waals surface area contributed by atoms with Gasteiger partial charge in [0.25, 0.3) is 0 Å². The van der Waals surface area contributed by atoms with Crippen LogP contribution >= 0.6 is 0 Å². The van der Waals surface area contributed by atoms with Crippen LogP contribution in [0.4, 0.5) is 0 Å². The highest BCUT2D eigenvalue weighted by atomic mass is 14.1. The Morgan fingerprint density at radius 1 is 0.265 bits per heavy atom. The normalized spacial score (nSPS) is 14.4. The molecule has 0 rings (SSSR count). The highest BCUT2D eigenvalue weighted by molar-refractivity contribution is 4.61. The lowest BCUT2D eigenvalue weighted by Gasteiger charge is -2.16. The number of unbranched alkanes of at least 4 members (excludes halogenated alkanes) is 16. The van der Waals surface area contributed by atoms with Crippen molar-refractivity contribution in [1.82, 2.24) is 0 Å². The summed E-state index contributed by atoms with van der Waals surface area (Å²) in [7, 11) is 0. The van der Waals surface area contributed by atoms with Crippen LogP contribution in [0.25, 0.3) is 0 Å². The zero-order valence-electron chi connectivity index (χ0n) is 25.1. The third-order valence-electron chi connectivity index (χ3n) is 8.39. The summed E-state index contributed by atoms with van der Waals surface area (Å²) >= 11 is 0. The Labute approximate surface area is 219 Å². The topological polar surface area (TPSA) is 0 Å². The van der Waals surface area contributed by atoms with Crippen molar-refractivity contribution in [2.45, 2.75) is 202 Å². The molecule has 0 heteroatoms. The molecule has 0 unspecified atom stereocenters. The summed E-state index contributed by atoms with van der Waals surface area (Å²) in [6, 6.07) is 0. The first kappa shape index (κ1) is 34.0. The quantitative estimate of drug-likeness (QED) is 0.0980. The van der Waals surface area contributed by atoms with Crippen LogP contribution in [0, 0.1) is 17.8 Å². The van der Waals surface area contributed by atoms with Gasteiger partial charge >= 0.3 is 0 Å². The Morgan fingerprint density at radius 3 is 0.765 bits per heavy atom. The average Bonchev–Trinajstić information content (AvgIpc) is 2.82. The van der Waals surface area contributed by atoms with Crippen LogP contribution in [0.2, 0.25) is 0 Å². The third-order valence-corrected chi connectivity index (χ3v) is 8.39. The number of hydrogen-bond acceptors (Lipinski definition) is 0. The molecule has 206 valence electrons. The lowest BCUT2D eigenvalue weighted by molar-refractivity contribution is 0.374. The fraction of sp³-hybridized carbons (Fsp3) is 1.00. The molecule has 0 aliphatic carbocycles. The Kier molecular flexibility index (Phi) is 27.6. The van der Waals surface area contributed by atoms with Gasteiger partial charge in [0.15, 0.2) is 0 Å². The molecule has 0 radical (unpaired) electrons. The van der Waals surface area contributed by atoms with Gasteiger partial charge in [-0.15, -0.1) is 0 Å². The molecule has 0 amide bonds. The van der Waals surface area contributed by atoms with E-state index in [-0.39, 0.29) is 0 Å². The fourth-order valence-electron chi connectivity index (χ4n) is 5.67. The van der Waals surface area contributed by atoms with Gasteiger partial charge in [-0.1, -0.05) is 202 Å². The van der Waals surface area contributed by atoms with Gasteiger partial charge in [0.1, 0.15) is 0 Å². The van der Waals surface area contributed by atoms with E-state index < -0.39 is 0 Å². The maximum atomic E-state index is 2.51. The smallest absolute Gasteiger partial charge is 0.0443 e. The van der Waals surface area contributed by atoms with Crippen molar-refractivity contribution in [3.05, 3.63) is 0 Å². The fourth-order valence-corrected chi connectivity index (χ4v) is 5.67. The van der Waals surface area contributed by atoms with E-state index >= 15 is 0 Å². The molecule has 0 aromatic carbocycles. The Hall–Kier alpha value is 0. The van der Waals surface area contributed by atoms with Crippen molar-refractivity contribution < 1.29 is 0 Å². The number of hydrogen-bond donors (Lipinski definition) is 0. The van der Waals surface area contributed by atoms with Crippen molar-refractivity contribution in [3.8, 4) is 0 Å². The lowest BCUT2D eigenvalue weighted by atomic mass is 9.90. The zero-order chi connectivity index (χ0) is 25.1. The molecule has 0 aromatic heterocycles. The lowest BCUT2D eigenvalue weighted by Crippen LogP contribution is -2.01. The van der Waals surface area contributed by atoms with E-state index in [4.69, 9.17) is 0 Å². The van der Waals surface area contributed by atoms with Crippen LogP contribution in [0.5, 0.6) is 0 Å². The summed E-state index contributed by atoms with van der Waals surface area (Å²) in [4.78, 5) is 0. The molecule has 0 N–H and O–H groups in total. The van der Waals surface area contributed by atoms with Crippen LogP contribution < -0.4 is 0 Å². The van der Waals surface area contributed by atoms with Crippen LogP contribution in [-0.4, -0.2) is 0 Å². The standard InChI is InChI=1S/C34H70/c1-6-8-10-12-13-14-15-16-17-18-19-20-21-23-27-33(4)29-25-31-34(5)30-24-28-32(3)26-22-11-9-7-2/h32-34H,6-31H2,1-5H3/t32-,33+,34-/m1/s1. The van der Waals surface area contributed by atoms with Gasteiger partial charge in [-0.2, -0.15) is 0 Å². The van der Waals surface area contributed by atoms with Crippen LogP contribution in [0.3, 0.4) is 0 Å². The third kappa shape index (κ3) is 26.6. The molecule has 0 bridgehead atoms. The molecule has 0 heterocycles. The van der Waals surface area contributed by atoms with E-state index in [1.54, 1.807) is 0 Å². The minimum Gasteiger partial charge on any atom is -0.0654 e. The van der Waals surface area contributed by atoms with E-state index in [0.29, 0.717) is 0 Å². The minimum atomic E-state index is 0.945. The average molecular weight is 479 g/mol. The molecule has 0 fully saturated rings. The van der Waals surface area contributed by atoms with Crippen LogP contribution in [-0.2, 0) is 0 Å². The Morgan fingerprint density at radius 2 is 0.471 bits per heavy atom. The molecule has 3 atom stereocenters. The second-order valence-electron chi connectivity index (χ2n) is 12.4. The summed E-state index contributed by atoms with van der Waals surface area (Å²) in [5.41, 5.74) is 0. The summed E-state index contributed by atoms with van der Waals surface area (Å²) in [5, 5.41) is 0. The summed E-state index contributed by atoms with van der Waals surface area (Å²) in [6.07, 6.45) is 38.0. The minimum absolute atomic E-state index is 0.945. The van der Waals surface area contributed by atoms with E-state index in [1.165, 1.54) is 167 Å². The first-order valence-electron chi connectivity index (χ1n) is 16.6. The largest absolute Gasteiger partial charge is 0.0654 e. The molecule has 0 spiro atoms. The molecular formula is C34H70. The second-order valence-corrected chi connectivity index (χ2v) is 12.4. The monoisotopic (exact) mass is 479 g/mol. The molecule has 0 aliphatic heterocycles. The van der Waals surface area contributed by atoms with Crippen LogP contribution in [0.1, 0.15) is 202 Å². The van der Waals surface area contributed by atoms with Crippen molar-refractivity contribution in [1.29, 1.82) is 0 Å². The molecular weight excluding hydrogens is 408 g/mol. The first-order valence-corrected chi connectivity index (χ1v) is 16.6. The van der Waals surface area contributed by atoms with Gasteiger partial charge in [-0.25, -0.2) is 0 Å². The van der Waals surface area contributed by atoms with E-state index in [9.17, 15) is 0 Å². The van der Waals surface area contributed by atoms with Crippen LogP contribution in [0.15, 0.2) is 0 Å². The second kappa shape index (κ2) is 27.6. The van der Waals surface area contributed by atoms with Gasteiger partial charge in [0.05, 0.1) is 0 Å². The van der Waals surface area contributed by atoms with Gasteiger partial charge in [-0.05, 0) is 17.8 Å². The Balaban J connectivity index is 3.34. The summed E-state index contributed by atoms with van der Waals surface area (Å²) in [5.74, 6) is 2.85. The molecule has 0 saturated carbocycles. The van der Waals surface area contributed by atoms with Crippen molar-refractivity contribution in [3.63, 3.8) is 0 Å². The zero-order valence-corrected chi connectivity index (χ0v) is 25.1. The predicted molar refractivity (Wildman–Crippen MR) is 159 cm³/mol. The Bertz CT molecular complexity index is 359. The van der Waals surface area contributed by atoms with Gasteiger partial charge < -0.3 is 0 Å². The molecule has 0 aromatic rings. The van der Waals surface area contributed by atoms with Crippen molar-refractivity contribution in [2.24, 2.45) is 17.8 Å².